The van der Waals surface area contributed by atoms with Gasteiger partial charge >= 0.3 is 6.03 Å². The van der Waals surface area contributed by atoms with Gasteiger partial charge in [0.05, 0.1) is 0 Å². The average Bonchev–Trinajstić information content (AvgIpc) is 1.81. The molecule has 0 aliphatic carbocycles. The second-order valence-corrected chi connectivity index (χ2v) is 1.73. The molecule has 0 bridgehead atoms. The third-order valence-corrected chi connectivity index (χ3v) is 0.897. The lowest BCUT2D eigenvalue weighted by Crippen LogP contribution is -2.37. The highest BCUT2D eigenvalue weighted by Gasteiger charge is 2.19. The van der Waals surface area contributed by atoms with Crippen molar-refractivity contribution in [2.24, 2.45) is 0 Å². The van der Waals surface area contributed by atoms with Crippen LogP contribution in [0.1, 0.15) is 0 Å². The number of amides is 2. The normalized spacial score (nSPS) is 8.90. The number of nitrogens with zero attached hydrogens (tertiary/aromatic N) is 2. The van der Waals surface area contributed by atoms with E-state index in [0.29, 0.717) is 0 Å². The number of hydrogen-bond acceptors (Lipinski definition) is 3. The fourth-order valence-electron chi connectivity index (χ4n) is 0.337. The van der Waals surface area contributed by atoms with Crippen molar-refractivity contribution in [2.75, 3.05) is 12.4 Å². The van der Waals surface area contributed by atoms with E-state index in [4.69, 9.17) is 17.3 Å². The molecule has 2 amide bonds. The Morgan fingerprint density at radius 1 is 1.80 bits per heavy atom. The van der Waals surface area contributed by atoms with E-state index in [0.717, 1.165) is 0 Å². The molecule has 0 heterocycles. The van der Waals surface area contributed by atoms with Crippen molar-refractivity contribution in [1.29, 1.82) is 0 Å². The number of alkyl halides is 1. The molecule has 0 rings (SSSR count). The minimum atomic E-state index is -1.36. The Morgan fingerprint density at radius 3 is 2.40 bits per heavy atom. The highest BCUT2D eigenvalue weighted by Crippen LogP contribution is 1.89. The molecule has 0 aliphatic heterocycles. The number of halogens is 1. The van der Waals surface area contributed by atoms with Gasteiger partial charge in [-0.1, -0.05) is 0 Å². The maximum atomic E-state index is 10.1. The van der Waals surface area contributed by atoms with Gasteiger partial charge in [0.1, 0.15) is 6.54 Å². The molecule has 10 heavy (non-hydrogen) atoms. The minimum Gasteiger partial charge on any atom is -0.243 e. The van der Waals surface area contributed by atoms with E-state index in [-0.39, 0.29) is 17.4 Å². The summed E-state index contributed by atoms with van der Waals surface area (Å²) in [6, 6.07) is -1.36. The number of urea groups is 1. The summed E-state index contributed by atoms with van der Waals surface area (Å²) in [5.74, 6) is -0.0500. The smallest absolute Gasteiger partial charge is 0.243 e. The van der Waals surface area contributed by atoms with Gasteiger partial charge in [-0.3, -0.25) is 0 Å². The molecule has 0 aromatic rings. The fraction of sp³-hybridized carbons (Fsp3) is 0.667. The molecule has 0 aromatic carbocycles. The van der Waals surface area contributed by atoms with E-state index in [2.05, 4.69) is 0 Å². The van der Waals surface area contributed by atoms with Gasteiger partial charge in [0.15, 0.2) is 5.03 Å². The van der Waals surface area contributed by atoms with Crippen LogP contribution in [0, 0.1) is 10.1 Å². The summed E-state index contributed by atoms with van der Waals surface area (Å²) >= 11 is 5.10. The maximum Gasteiger partial charge on any atom is 0.393 e. The molecule has 0 atom stereocenters. The summed E-state index contributed by atoms with van der Waals surface area (Å²) in [4.78, 5) is 19.9. The second-order valence-electron chi connectivity index (χ2n) is 1.36. The highest BCUT2D eigenvalue weighted by molar-refractivity contribution is 6.18. The summed E-state index contributed by atoms with van der Waals surface area (Å²) in [7, 11) is 0. The van der Waals surface area contributed by atoms with Crippen LogP contribution in [0.25, 0.3) is 0 Å². The van der Waals surface area contributed by atoms with E-state index in [9.17, 15) is 14.9 Å². The molecular weight excluding hydrogens is 162 g/mol. The summed E-state index contributed by atoms with van der Waals surface area (Å²) in [6.45, 7) is -0.239. The van der Waals surface area contributed by atoms with E-state index in [1.165, 1.54) is 0 Å². The molecule has 7 heteroatoms. The molecule has 1 N–H and O–H groups in total. The van der Waals surface area contributed by atoms with Crippen LogP contribution in [0.5, 0.6) is 0 Å². The Kier molecular flexibility index (Phi) is 3.48. The van der Waals surface area contributed by atoms with Crippen LogP contribution >= 0.6 is 11.6 Å². The molecule has 0 aliphatic rings. The largest absolute Gasteiger partial charge is 0.393 e. The summed E-state index contributed by atoms with van der Waals surface area (Å²) in [6.07, 6.45) is 0. The first-order valence-electron chi connectivity index (χ1n) is 2.33. The molecule has 0 fully saturated rings. The van der Waals surface area contributed by atoms with Crippen LogP contribution in [0.4, 0.5) is 4.79 Å². The van der Waals surface area contributed by atoms with Crippen LogP contribution in [-0.2, 0) is 0 Å². The maximum absolute atomic E-state index is 10.1. The molecule has 1 radical (unpaired) electrons. The van der Waals surface area contributed by atoms with E-state index in [1.807, 2.05) is 0 Å². The number of hydrogen-bond donors (Lipinski definition) is 0. The number of carbonyl (C=O) groups is 1. The first kappa shape index (κ1) is 8.96. The number of nitrogens with one attached hydrogen (secondary N) is 1. The quantitative estimate of drug-likeness (QED) is 0.339. The summed E-state index contributed by atoms with van der Waals surface area (Å²) < 4.78 is 0. The van der Waals surface area contributed by atoms with Gasteiger partial charge in [0.25, 0.3) is 0 Å². The number of rotatable bonds is 3. The lowest BCUT2D eigenvalue weighted by molar-refractivity contribution is -0.631. The molecule has 0 aromatic heterocycles. The topological polar surface area (TPSA) is 87.2 Å². The first-order valence-corrected chi connectivity index (χ1v) is 2.86. The number of carbonyl (C=O) groups excluding carboxylic acids is 1. The van der Waals surface area contributed by atoms with E-state index >= 15 is 0 Å². The van der Waals surface area contributed by atoms with Crippen molar-refractivity contribution in [3.63, 3.8) is 0 Å². The van der Waals surface area contributed by atoms with E-state index < -0.39 is 11.1 Å². The Labute approximate surface area is 61.7 Å². The Bertz CT molecular complexity index is 136. The Balaban J connectivity index is 3.98. The predicted molar refractivity (Wildman–Crippen MR) is 32.9 cm³/mol. The highest BCUT2D eigenvalue weighted by atomic mass is 35.5. The standard InChI is InChI=1S/C3H5ClN3O3/c4-1-2-6(3(5)8)7(9)10/h5H,1-2H2. The monoisotopic (exact) mass is 166 g/mol. The molecule has 0 unspecified atom stereocenters. The summed E-state index contributed by atoms with van der Waals surface area (Å²) in [5, 5.41) is 9.03. The lowest BCUT2D eigenvalue weighted by atomic mass is 10.7. The predicted octanol–water partition coefficient (Wildman–Crippen LogP) is 0.122. The SMILES string of the molecule is [NH]C(=O)N(CCCl)[N+](=O)[O-]. The van der Waals surface area contributed by atoms with Crippen LogP contribution in [0.2, 0.25) is 0 Å². The minimum absolute atomic E-state index is 0.0500. The first-order chi connectivity index (χ1) is 4.59. The van der Waals surface area contributed by atoms with Gasteiger partial charge in [-0.25, -0.2) is 20.6 Å². The van der Waals surface area contributed by atoms with Crippen LogP contribution in [-0.4, -0.2) is 28.5 Å². The molecule has 0 spiro atoms. The average molecular weight is 167 g/mol. The zero-order valence-corrected chi connectivity index (χ0v) is 5.67. The van der Waals surface area contributed by atoms with Crippen molar-refractivity contribution in [1.82, 2.24) is 10.7 Å². The van der Waals surface area contributed by atoms with Crippen molar-refractivity contribution >= 4 is 17.6 Å². The lowest BCUT2D eigenvalue weighted by Gasteiger charge is -2.04. The molecule has 6 nitrogen and oxygen atoms in total. The van der Waals surface area contributed by atoms with Crippen molar-refractivity contribution in [3.8, 4) is 0 Å². The van der Waals surface area contributed by atoms with Crippen molar-refractivity contribution in [3.05, 3.63) is 10.1 Å². The molecule has 57 valence electrons. The third-order valence-electron chi connectivity index (χ3n) is 0.728. The van der Waals surface area contributed by atoms with E-state index in [1.54, 1.807) is 0 Å². The Hall–Kier alpha value is -1.04. The number of hydrazine groups is 1. The second kappa shape index (κ2) is 3.89. The molecular formula is C3H5ClN3O3. The van der Waals surface area contributed by atoms with Gasteiger partial charge in [0, 0.05) is 5.88 Å². The number of nitro groups is 1. The van der Waals surface area contributed by atoms with Gasteiger partial charge < -0.3 is 0 Å². The molecule has 0 saturated heterocycles. The third kappa shape index (κ3) is 2.49. The van der Waals surface area contributed by atoms with Gasteiger partial charge in [0.2, 0.25) is 0 Å². The zero-order valence-electron chi connectivity index (χ0n) is 4.91. The summed E-state index contributed by atoms with van der Waals surface area (Å²) in [5.41, 5.74) is 6.36. The van der Waals surface area contributed by atoms with Gasteiger partial charge in [-0.2, -0.15) is 0 Å². The van der Waals surface area contributed by atoms with Gasteiger partial charge in [-0.05, 0) is 5.01 Å². The van der Waals surface area contributed by atoms with Crippen LogP contribution < -0.4 is 5.73 Å². The Morgan fingerprint density at radius 2 is 2.30 bits per heavy atom. The van der Waals surface area contributed by atoms with Crippen LogP contribution in [0.15, 0.2) is 0 Å². The fourth-order valence-corrected chi connectivity index (χ4v) is 0.498. The molecule has 0 saturated carbocycles. The van der Waals surface area contributed by atoms with Crippen molar-refractivity contribution < 1.29 is 9.83 Å². The van der Waals surface area contributed by atoms with Crippen molar-refractivity contribution in [2.45, 2.75) is 0 Å². The van der Waals surface area contributed by atoms with Gasteiger partial charge in [-0.15, -0.1) is 11.6 Å². The van der Waals surface area contributed by atoms with Crippen LogP contribution in [0.3, 0.4) is 0 Å². The zero-order chi connectivity index (χ0) is 8.15.